The SMILES string of the molecule is O=C(O)c1cc(NC(=O)C2Cc3ccccc32)ccn1. The number of nitrogens with one attached hydrogen (secondary N) is 1. The van der Waals surface area contributed by atoms with Crippen molar-refractivity contribution in [1.82, 2.24) is 4.98 Å². The van der Waals surface area contributed by atoms with Crippen LogP contribution >= 0.6 is 0 Å². The third-order valence-corrected chi connectivity index (χ3v) is 3.42. The first-order valence-corrected chi connectivity index (χ1v) is 6.23. The van der Waals surface area contributed by atoms with Gasteiger partial charge in [0.15, 0.2) is 0 Å². The van der Waals surface area contributed by atoms with E-state index in [4.69, 9.17) is 5.11 Å². The zero-order valence-electron chi connectivity index (χ0n) is 10.5. The Balaban J connectivity index is 1.75. The van der Waals surface area contributed by atoms with Crippen molar-refractivity contribution >= 4 is 17.6 Å². The molecule has 0 radical (unpaired) electrons. The number of aromatic nitrogens is 1. The molecule has 1 heterocycles. The van der Waals surface area contributed by atoms with Gasteiger partial charge in [-0.2, -0.15) is 0 Å². The average Bonchev–Trinajstić information content (AvgIpc) is 2.40. The molecule has 0 fully saturated rings. The van der Waals surface area contributed by atoms with Crippen LogP contribution < -0.4 is 5.32 Å². The molecule has 0 saturated carbocycles. The molecule has 0 saturated heterocycles. The number of carbonyl (C=O) groups is 2. The zero-order chi connectivity index (χ0) is 14.1. The third-order valence-electron chi connectivity index (χ3n) is 3.42. The largest absolute Gasteiger partial charge is 0.477 e. The third kappa shape index (κ3) is 2.14. The zero-order valence-corrected chi connectivity index (χ0v) is 10.5. The van der Waals surface area contributed by atoms with Crippen molar-refractivity contribution in [2.24, 2.45) is 0 Å². The van der Waals surface area contributed by atoms with E-state index in [0.29, 0.717) is 5.69 Å². The molecule has 2 N–H and O–H groups in total. The van der Waals surface area contributed by atoms with Crippen LogP contribution in [0.4, 0.5) is 5.69 Å². The quantitative estimate of drug-likeness (QED) is 0.893. The van der Waals surface area contributed by atoms with Gasteiger partial charge in [0.25, 0.3) is 0 Å². The van der Waals surface area contributed by atoms with Gasteiger partial charge in [0.1, 0.15) is 5.69 Å². The lowest BCUT2D eigenvalue weighted by Crippen LogP contribution is -2.30. The number of pyridine rings is 1. The topological polar surface area (TPSA) is 79.3 Å². The summed E-state index contributed by atoms with van der Waals surface area (Å²) >= 11 is 0. The number of carboxylic acids is 1. The second-order valence-corrected chi connectivity index (χ2v) is 4.68. The Morgan fingerprint density at radius 1 is 1.25 bits per heavy atom. The van der Waals surface area contributed by atoms with Crippen LogP contribution in [0.1, 0.15) is 27.5 Å². The standard InChI is InChI=1S/C15H12N2O3/c18-14(12-7-9-3-1-2-4-11(9)12)17-10-5-6-16-13(8-10)15(19)20/h1-6,8,12H,7H2,(H,19,20)(H,16,17,18). The van der Waals surface area contributed by atoms with Crippen LogP contribution in [0.3, 0.4) is 0 Å². The summed E-state index contributed by atoms with van der Waals surface area (Å²) < 4.78 is 0. The number of nitrogens with zero attached hydrogens (tertiary/aromatic N) is 1. The fourth-order valence-electron chi connectivity index (χ4n) is 2.35. The molecule has 3 rings (SSSR count). The maximum Gasteiger partial charge on any atom is 0.354 e. The predicted molar refractivity (Wildman–Crippen MR) is 72.7 cm³/mol. The normalized spacial score (nSPS) is 15.9. The number of fused-ring (bicyclic) bond motifs is 1. The van der Waals surface area contributed by atoms with Crippen molar-refractivity contribution in [3.8, 4) is 0 Å². The molecule has 1 unspecified atom stereocenters. The smallest absolute Gasteiger partial charge is 0.354 e. The van der Waals surface area contributed by atoms with Crippen LogP contribution in [0.15, 0.2) is 42.6 Å². The second-order valence-electron chi connectivity index (χ2n) is 4.68. The molecule has 0 aliphatic heterocycles. The van der Waals surface area contributed by atoms with Crippen molar-refractivity contribution in [3.05, 3.63) is 59.4 Å². The fraction of sp³-hybridized carbons (Fsp3) is 0.133. The van der Waals surface area contributed by atoms with Crippen LogP contribution in [-0.2, 0) is 11.2 Å². The van der Waals surface area contributed by atoms with Crippen molar-refractivity contribution in [3.63, 3.8) is 0 Å². The lowest BCUT2D eigenvalue weighted by atomic mass is 9.77. The molecule has 1 aliphatic rings. The van der Waals surface area contributed by atoms with E-state index in [2.05, 4.69) is 10.3 Å². The van der Waals surface area contributed by atoms with Gasteiger partial charge >= 0.3 is 5.97 Å². The van der Waals surface area contributed by atoms with Crippen molar-refractivity contribution in [1.29, 1.82) is 0 Å². The minimum atomic E-state index is -1.12. The Labute approximate surface area is 115 Å². The van der Waals surface area contributed by atoms with E-state index in [1.54, 1.807) is 6.07 Å². The highest BCUT2D eigenvalue weighted by Gasteiger charge is 2.31. The average molecular weight is 268 g/mol. The number of aromatic carboxylic acids is 1. The van der Waals surface area contributed by atoms with E-state index >= 15 is 0 Å². The lowest BCUT2D eigenvalue weighted by Gasteiger charge is -2.28. The van der Waals surface area contributed by atoms with Gasteiger partial charge in [-0.15, -0.1) is 0 Å². The van der Waals surface area contributed by atoms with E-state index in [0.717, 1.165) is 12.0 Å². The van der Waals surface area contributed by atoms with Gasteiger partial charge in [-0.1, -0.05) is 24.3 Å². The van der Waals surface area contributed by atoms with Crippen LogP contribution in [0.25, 0.3) is 0 Å². The summed E-state index contributed by atoms with van der Waals surface area (Å²) in [6.45, 7) is 0. The first-order valence-electron chi connectivity index (χ1n) is 6.23. The molecule has 1 amide bonds. The molecule has 5 nitrogen and oxygen atoms in total. The van der Waals surface area contributed by atoms with Gasteiger partial charge in [-0.3, -0.25) is 4.79 Å². The number of anilines is 1. The Morgan fingerprint density at radius 3 is 2.80 bits per heavy atom. The highest BCUT2D eigenvalue weighted by Crippen LogP contribution is 2.35. The minimum Gasteiger partial charge on any atom is -0.477 e. The van der Waals surface area contributed by atoms with Gasteiger partial charge in [-0.25, -0.2) is 9.78 Å². The van der Waals surface area contributed by atoms with Gasteiger partial charge in [-0.05, 0) is 29.7 Å². The van der Waals surface area contributed by atoms with Crippen molar-refractivity contribution in [2.45, 2.75) is 12.3 Å². The molecule has 0 bridgehead atoms. The molecule has 1 aliphatic carbocycles. The van der Waals surface area contributed by atoms with E-state index in [-0.39, 0.29) is 17.5 Å². The summed E-state index contributed by atoms with van der Waals surface area (Å²) in [5.74, 6) is -1.39. The van der Waals surface area contributed by atoms with Crippen LogP contribution in [-0.4, -0.2) is 22.0 Å². The van der Waals surface area contributed by atoms with Crippen LogP contribution in [0.5, 0.6) is 0 Å². The maximum atomic E-state index is 12.2. The van der Waals surface area contributed by atoms with E-state index < -0.39 is 5.97 Å². The molecule has 5 heteroatoms. The molecule has 100 valence electrons. The number of hydrogen-bond donors (Lipinski definition) is 2. The van der Waals surface area contributed by atoms with Gasteiger partial charge in [0, 0.05) is 11.9 Å². The highest BCUT2D eigenvalue weighted by atomic mass is 16.4. The van der Waals surface area contributed by atoms with E-state index in [1.165, 1.54) is 17.8 Å². The van der Waals surface area contributed by atoms with Crippen LogP contribution in [0, 0.1) is 0 Å². The molecule has 20 heavy (non-hydrogen) atoms. The highest BCUT2D eigenvalue weighted by molar-refractivity contribution is 5.98. The number of amides is 1. The Hall–Kier alpha value is -2.69. The molecule has 1 atom stereocenters. The molecular formula is C15H12N2O3. The second kappa shape index (κ2) is 4.77. The van der Waals surface area contributed by atoms with Gasteiger partial charge in [0.2, 0.25) is 5.91 Å². The Bertz CT molecular complexity index is 697. The van der Waals surface area contributed by atoms with Gasteiger partial charge < -0.3 is 10.4 Å². The first-order chi connectivity index (χ1) is 9.65. The lowest BCUT2D eigenvalue weighted by molar-refractivity contribution is -0.118. The molecule has 2 aromatic rings. The summed E-state index contributed by atoms with van der Waals surface area (Å²) in [4.78, 5) is 26.7. The Kier molecular flexibility index (Phi) is 2.95. The molecule has 0 spiro atoms. The number of carbonyl (C=O) groups excluding carboxylic acids is 1. The number of rotatable bonds is 3. The first kappa shape index (κ1) is 12.3. The minimum absolute atomic E-state index is 0.0863. The fourth-order valence-corrected chi connectivity index (χ4v) is 2.35. The summed E-state index contributed by atoms with van der Waals surface area (Å²) in [7, 11) is 0. The molecular weight excluding hydrogens is 256 g/mol. The number of hydrogen-bond acceptors (Lipinski definition) is 3. The van der Waals surface area contributed by atoms with E-state index in [9.17, 15) is 9.59 Å². The van der Waals surface area contributed by atoms with E-state index in [1.807, 2.05) is 24.3 Å². The summed E-state index contributed by atoms with van der Waals surface area (Å²) in [5, 5.41) is 11.6. The summed E-state index contributed by atoms with van der Waals surface area (Å²) in [6, 6.07) is 10.7. The molecule has 1 aromatic heterocycles. The van der Waals surface area contributed by atoms with Crippen LogP contribution in [0.2, 0.25) is 0 Å². The molecule has 1 aromatic carbocycles. The monoisotopic (exact) mass is 268 g/mol. The van der Waals surface area contributed by atoms with Crippen molar-refractivity contribution in [2.75, 3.05) is 5.32 Å². The number of benzene rings is 1. The number of carboxylic acid groups (broad SMARTS) is 1. The summed E-state index contributed by atoms with van der Waals surface area (Å²) in [5.41, 5.74) is 2.59. The Morgan fingerprint density at radius 2 is 2.05 bits per heavy atom. The summed E-state index contributed by atoms with van der Waals surface area (Å²) in [6.07, 6.45) is 2.09. The van der Waals surface area contributed by atoms with Gasteiger partial charge in [0.05, 0.1) is 5.92 Å². The predicted octanol–water partition coefficient (Wildman–Crippen LogP) is 2.06. The van der Waals surface area contributed by atoms with Crippen molar-refractivity contribution < 1.29 is 14.7 Å². The maximum absolute atomic E-state index is 12.2.